The first-order valence-electron chi connectivity index (χ1n) is 0.980. The van der Waals surface area contributed by atoms with Gasteiger partial charge in [-0.2, -0.15) is 0 Å². The Labute approximate surface area is 49.1 Å². The summed E-state index contributed by atoms with van der Waals surface area (Å²) in [5, 5.41) is 3.73. The summed E-state index contributed by atoms with van der Waals surface area (Å²) in [6, 6.07) is 0. The molecule has 0 fully saturated rings. The molecule has 0 aliphatic rings. The minimum absolute atomic E-state index is 1.47. The normalized spacial score (nSPS) is 6.67. The maximum Gasteiger partial charge on any atom is 0.160 e. The molecule has 0 N–H and O–H groups in total. The van der Waals surface area contributed by atoms with Gasteiger partial charge in [0, 0.05) is 5.04 Å². The Morgan fingerprint density at radius 2 is 2.33 bits per heavy atom. The summed E-state index contributed by atoms with van der Waals surface area (Å²) >= 11 is 1.47. The molecule has 0 aromatic carbocycles. The number of rotatable bonds is 2. The van der Waals surface area contributed by atoms with Crippen LogP contribution in [0, 0.1) is 12.5 Å². The summed E-state index contributed by atoms with van der Waals surface area (Å²) in [6.07, 6.45) is 6.25. The summed E-state index contributed by atoms with van der Waals surface area (Å²) in [5.41, 5.74) is 0. The molecule has 0 heterocycles. The van der Waals surface area contributed by atoms with Crippen molar-refractivity contribution in [3.8, 4) is 12.5 Å². The first kappa shape index (κ1) is 6.01. The van der Waals surface area contributed by atoms with Gasteiger partial charge in [-0.1, -0.05) is 6.42 Å². The molecule has 3 nitrogen and oxygen atoms in total. The third-order valence-electron chi connectivity index (χ3n) is 0.108. The molecule has 0 aliphatic carbocycles. The van der Waals surface area contributed by atoms with E-state index in [0.717, 1.165) is 0 Å². The third-order valence-corrected chi connectivity index (χ3v) is 0.255. The van der Waals surface area contributed by atoms with Gasteiger partial charge in [0.25, 0.3) is 0 Å². The van der Waals surface area contributed by atoms with Gasteiger partial charge in [-0.25, -0.2) is 0 Å². The van der Waals surface area contributed by atoms with Crippen LogP contribution in [0.5, 0.6) is 0 Å². The lowest BCUT2D eigenvalue weighted by atomic mass is 11.3. The lowest BCUT2D eigenvalue weighted by Gasteiger charge is -1.82. The second-order valence-electron chi connectivity index (χ2n) is 0.332. The van der Waals surface area contributed by atoms with E-state index in [0.29, 0.717) is 0 Å². The molecule has 0 amide bonds. The van der Waals surface area contributed by atoms with Crippen LogP contribution in [-0.2, 0) is 13.1 Å². The summed E-state index contributed by atoms with van der Waals surface area (Å²) in [4.78, 5) is 3.78. The Morgan fingerprint density at radius 1 is 1.67 bits per heavy atom. The van der Waals surface area contributed by atoms with Gasteiger partial charge < -0.3 is 0 Å². The molecular weight excluding hydrogens is 199 g/mol. The Bertz CT molecular complexity index is 56.3. The molecule has 0 saturated carbocycles. The van der Waals surface area contributed by atoms with Crippen LogP contribution in [-0.4, -0.2) is 0 Å². The van der Waals surface area contributed by atoms with Crippen LogP contribution in [0.25, 0.3) is 0 Å². The van der Waals surface area contributed by atoms with Crippen LogP contribution < -0.4 is 0 Å². The minimum atomic E-state index is 1.47. The second-order valence-corrected chi connectivity index (χ2v) is 0.692. The van der Waals surface area contributed by atoms with Crippen molar-refractivity contribution in [3.05, 3.63) is 0 Å². The van der Waals surface area contributed by atoms with Gasteiger partial charge in [-0.05, 0) is 0 Å². The zero-order chi connectivity index (χ0) is 4.83. The average molecular weight is 200 g/mol. The van der Waals surface area contributed by atoms with E-state index in [2.05, 4.69) is 19.6 Å². The first-order chi connectivity index (χ1) is 2.91. The SMILES string of the molecule is C#COOOI. The second kappa shape index (κ2) is 5.01. The van der Waals surface area contributed by atoms with Crippen molar-refractivity contribution >= 4 is 23.0 Å². The van der Waals surface area contributed by atoms with Gasteiger partial charge >= 0.3 is 0 Å². The first-order valence-corrected chi connectivity index (χ1v) is 1.86. The van der Waals surface area contributed by atoms with E-state index >= 15 is 0 Å². The molecule has 0 saturated heterocycles. The molecule has 0 unspecified atom stereocenters. The Balaban J connectivity index is 2.54. The molecule has 6 heavy (non-hydrogen) atoms. The maximum atomic E-state index is 4.53. The van der Waals surface area contributed by atoms with Crippen molar-refractivity contribution in [2.24, 2.45) is 0 Å². The van der Waals surface area contributed by atoms with Gasteiger partial charge in [-0.15, -0.1) is 3.22 Å². The summed E-state index contributed by atoms with van der Waals surface area (Å²) < 4.78 is 3.89. The fourth-order valence-corrected chi connectivity index (χ4v) is 0.106. The lowest BCUT2D eigenvalue weighted by Crippen LogP contribution is -1.76. The molecule has 0 bridgehead atoms. The fourth-order valence-electron chi connectivity index (χ4n) is 0.0325. The highest BCUT2D eigenvalue weighted by Crippen LogP contribution is 1.85. The molecule has 0 spiro atoms. The average Bonchev–Trinajstić information content (AvgIpc) is 1.61. The highest BCUT2D eigenvalue weighted by molar-refractivity contribution is 14.1. The summed E-state index contributed by atoms with van der Waals surface area (Å²) in [6.45, 7) is 0. The number of hydrogen-bond acceptors (Lipinski definition) is 3. The van der Waals surface area contributed by atoms with Crippen molar-refractivity contribution in [2.45, 2.75) is 0 Å². The zero-order valence-corrected chi connectivity index (χ0v) is 4.84. The van der Waals surface area contributed by atoms with Crippen LogP contribution in [0.1, 0.15) is 0 Å². The van der Waals surface area contributed by atoms with E-state index in [-0.39, 0.29) is 0 Å². The molecule has 0 radical (unpaired) electrons. The number of hydrogen-bond donors (Lipinski definition) is 0. The van der Waals surface area contributed by atoms with Gasteiger partial charge in [-0.3, -0.25) is 4.89 Å². The lowest BCUT2D eigenvalue weighted by molar-refractivity contribution is -0.410. The Morgan fingerprint density at radius 3 is 2.50 bits per heavy atom. The number of halogens is 1. The Hall–Kier alpha value is 0.01000. The molecule has 4 heteroatoms. The quantitative estimate of drug-likeness (QED) is 0.217. The minimum Gasteiger partial charge on any atom is -0.252 e. The van der Waals surface area contributed by atoms with Crippen molar-refractivity contribution in [1.82, 2.24) is 0 Å². The van der Waals surface area contributed by atoms with Gasteiger partial charge in [0.1, 0.15) is 0 Å². The smallest absolute Gasteiger partial charge is 0.160 e. The van der Waals surface area contributed by atoms with Crippen LogP contribution in [0.3, 0.4) is 0 Å². The topological polar surface area (TPSA) is 27.7 Å². The maximum absolute atomic E-state index is 4.53. The van der Waals surface area contributed by atoms with E-state index in [1.807, 2.05) is 0 Å². The zero-order valence-electron chi connectivity index (χ0n) is 2.68. The monoisotopic (exact) mass is 200 g/mol. The van der Waals surface area contributed by atoms with Crippen LogP contribution in [0.2, 0.25) is 0 Å². The van der Waals surface area contributed by atoms with E-state index in [4.69, 9.17) is 0 Å². The number of terminal acetylenes is 1. The molecule has 0 rings (SSSR count). The van der Waals surface area contributed by atoms with Gasteiger partial charge in [0.2, 0.25) is 0 Å². The Kier molecular flexibility index (Phi) is 5.02. The fraction of sp³-hybridized carbons (Fsp3) is 0. The van der Waals surface area contributed by atoms with E-state index in [1.165, 1.54) is 23.0 Å². The van der Waals surface area contributed by atoms with E-state index in [1.54, 1.807) is 6.11 Å². The van der Waals surface area contributed by atoms with Gasteiger partial charge in [0.05, 0.1) is 0 Å². The van der Waals surface area contributed by atoms with Crippen LogP contribution >= 0.6 is 23.0 Å². The summed E-state index contributed by atoms with van der Waals surface area (Å²) in [5.74, 6) is 0. The third kappa shape index (κ3) is 4.01. The van der Waals surface area contributed by atoms with Crippen molar-refractivity contribution in [3.63, 3.8) is 0 Å². The van der Waals surface area contributed by atoms with Crippen LogP contribution in [0.15, 0.2) is 0 Å². The largest absolute Gasteiger partial charge is 0.252 e. The highest BCUT2D eigenvalue weighted by Gasteiger charge is 1.70. The summed E-state index contributed by atoms with van der Waals surface area (Å²) in [7, 11) is 0. The van der Waals surface area contributed by atoms with Gasteiger partial charge in [0.15, 0.2) is 29.1 Å². The standard InChI is InChI=1S/C2HIO3/c1-2-4-6-5-3/h1H. The highest BCUT2D eigenvalue weighted by atomic mass is 127. The van der Waals surface area contributed by atoms with Crippen LogP contribution in [0.4, 0.5) is 0 Å². The predicted molar refractivity (Wildman–Crippen MR) is 26.1 cm³/mol. The molecular formula is C2HIO3. The molecule has 0 aliphatic heterocycles. The molecule has 0 atom stereocenters. The predicted octanol–water partition coefficient (Wildman–Crippen LogP) is 0.807. The molecule has 0 aromatic heterocycles. The van der Waals surface area contributed by atoms with E-state index < -0.39 is 0 Å². The molecule has 0 aromatic rings. The molecule has 34 valence electrons. The van der Waals surface area contributed by atoms with Crippen molar-refractivity contribution in [1.29, 1.82) is 0 Å². The van der Waals surface area contributed by atoms with E-state index in [9.17, 15) is 0 Å². The van der Waals surface area contributed by atoms with Crippen molar-refractivity contribution < 1.29 is 13.1 Å². The van der Waals surface area contributed by atoms with Crippen molar-refractivity contribution in [2.75, 3.05) is 0 Å².